The fraction of sp³-hybridized carbons (Fsp3) is 0.125. The summed E-state index contributed by atoms with van der Waals surface area (Å²) in [5.41, 5.74) is 9.67. The van der Waals surface area contributed by atoms with Crippen molar-refractivity contribution in [3.63, 3.8) is 0 Å². The van der Waals surface area contributed by atoms with Crippen LogP contribution < -0.4 is 5.73 Å². The second-order valence-electron chi connectivity index (χ2n) is 4.63. The SMILES string of the molecule is NC[C@H](c1ccc(Br)cc1)c1c[nH]c2ccccc12. The molecule has 0 aliphatic carbocycles. The molecule has 3 N–H and O–H groups in total. The van der Waals surface area contributed by atoms with Crippen LogP contribution in [0.2, 0.25) is 0 Å². The number of aromatic amines is 1. The van der Waals surface area contributed by atoms with E-state index in [-0.39, 0.29) is 5.92 Å². The molecule has 0 amide bonds. The first-order valence-electron chi connectivity index (χ1n) is 6.31. The number of nitrogens with two attached hydrogens (primary N) is 1. The average molecular weight is 315 g/mol. The molecule has 96 valence electrons. The highest BCUT2D eigenvalue weighted by molar-refractivity contribution is 9.10. The van der Waals surface area contributed by atoms with Crippen molar-refractivity contribution in [3.05, 3.63) is 70.3 Å². The maximum absolute atomic E-state index is 6.00. The molecule has 1 heterocycles. The van der Waals surface area contributed by atoms with E-state index in [2.05, 4.69) is 69.6 Å². The Kier molecular flexibility index (Phi) is 3.40. The van der Waals surface area contributed by atoms with Crippen molar-refractivity contribution in [1.82, 2.24) is 4.98 Å². The van der Waals surface area contributed by atoms with Gasteiger partial charge in [-0.3, -0.25) is 0 Å². The molecule has 1 aromatic heterocycles. The van der Waals surface area contributed by atoms with Crippen molar-refractivity contribution >= 4 is 26.8 Å². The van der Waals surface area contributed by atoms with Crippen LogP contribution in [0.15, 0.2) is 59.2 Å². The smallest absolute Gasteiger partial charge is 0.0457 e. The molecule has 19 heavy (non-hydrogen) atoms. The van der Waals surface area contributed by atoms with Gasteiger partial charge in [-0.25, -0.2) is 0 Å². The number of benzene rings is 2. The van der Waals surface area contributed by atoms with Gasteiger partial charge < -0.3 is 10.7 Å². The Morgan fingerprint density at radius 3 is 2.53 bits per heavy atom. The second kappa shape index (κ2) is 5.19. The molecule has 1 atom stereocenters. The maximum atomic E-state index is 6.00. The number of para-hydroxylation sites is 1. The number of aromatic nitrogens is 1. The van der Waals surface area contributed by atoms with Gasteiger partial charge in [0, 0.05) is 34.0 Å². The minimum absolute atomic E-state index is 0.226. The van der Waals surface area contributed by atoms with Crippen LogP contribution in [0.1, 0.15) is 17.0 Å². The molecule has 0 aliphatic heterocycles. The molecule has 0 spiro atoms. The number of halogens is 1. The van der Waals surface area contributed by atoms with Crippen LogP contribution in [0.25, 0.3) is 10.9 Å². The Hall–Kier alpha value is -1.58. The fourth-order valence-electron chi connectivity index (χ4n) is 2.52. The van der Waals surface area contributed by atoms with Crippen LogP contribution in [-0.4, -0.2) is 11.5 Å². The molecule has 3 rings (SSSR count). The zero-order valence-corrected chi connectivity index (χ0v) is 12.0. The zero-order valence-electron chi connectivity index (χ0n) is 10.4. The standard InChI is InChI=1S/C16H15BrN2/c17-12-7-5-11(6-8-12)14(9-18)15-10-19-16-4-2-1-3-13(15)16/h1-8,10,14,19H,9,18H2/t14-/m1/s1. The minimum atomic E-state index is 0.226. The van der Waals surface area contributed by atoms with Gasteiger partial charge in [-0.1, -0.05) is 46.3 Å². The molecule has 0 fully saturated rings. The molecular weight excluding hydrogens is 300 g/mol. The number of hydrogen-bond acceptors (Lipinski definition) is 1. The molecule has 3 aromatic rings. The van der Waals surface area contributed by atoms with E-state index >= 15 is 0 Å². The third-order valence-corrected chi connectivity index (χ3v) is 4.03. The summed E-state index contributed by atoms with van der Waals surface area (Å²) in [4.78, 5) is 3.32. The van der Waals surface area contributed by atoms with E-state index < -0.39 is 0 Å². The lowest BCUT2D eigenvalue weighted by Gasteiger charge is -2.15. The molecule has 0 saturated heterocycles. The van der Waals surface area contributed by atoms with Crippen molar-refractivity contribution < 1.29 is 0 Å². The van der Waals surface area contributed by atoms with Crippen LogP contribution in [0.4, 0.5) is 0 Å². The Labute approximate surface area is 120 Å². The quantitative estimate of drug-likeness (QED) is 0.753. The van der Waals surface area contributed by atoms with Gasteiger partial charge in [0.15, 0.2) is 0 Å². The monoisotopic (exact) mass is 314 g/mol. The summed E-state index contributed by atoms with van der Waals surface area (Å²) in [5.74, 6) is 0.226. The average Bonchev–Trinajstić information content (AvgIpc) is 2.86. The number of nitrogens with one attached hydrogen (secondary N) is 1. The van der Waals surface area contributed by atoms with Crippen molar-refractivity contribution in [1.29, 1.82) is 0 Å². The predicted molar refractivity (Wildman–Crippen MR) is 83.3 cm³/mol. The molecular formula is C16H15BrN2. The summed E-state index contributed by atoms with van der Waals surface area (Å²) in [6.07, 6.45) is 2.07. The molecule has 0 bridgehead atoms. The van der Waals surface area contributed by atoms with Gasteiger partial charge in [-0.2, -0.15) is 0 Å². The molecule has 0 unspecified atom stereocenters. The van der Waals surface area contributed by atoms with Gasteiger partial charge in [0.1, 0.15) is 0 Å². The summed E-state index contributed by atoms with van der Waals surface area (Å²) < 4.78 is 1.09. The summed E-state index contributed by atoms with van der Waals surface area (Å²) >= 11 is 3.47. The van der Waals surface area contributed by atoms with Gasteiger partial charge in [0.2, 0.25) is 0 Å². The molecule has 2 aromatic carbocycles. The molecule has 3 heteroatoms. The van der Waals surface area contributed by atoms with E-state index in [4.69, 9.17) is 5.73 Å². The lowest BCUT2D eigenvalue weighted by Crippen LogP contribution is -2.13. The highest BCUT2D eigenvalue weighted by Crippen LogP contribution is 2.30. The number of rotatable bonds is 3. The van der Waals surface area contributed by atoms with Crippen molar-refractivity contribution in [2.24, 2.45) is 5.73 Å². The zero-order chi connectivity index (χ0) is 13.2. The maximum Gasteiger partial charge on any atom is 0.0457 e. The van der Waals surface area contributed by atoms with Crippen LogP contribution >= 0.6 is 15.9 Å². The predicted octanol–water partition coefficient (Wildman–Crippen LogP) is 4.02. The third kappa shape index (κ3) is 2.31. The first-order valence-corrected chi connectivity index (χ1v) is 7.10. The van der Waals surface area contributed by atoms with E-state index in [9.17, 15) is 0 Å². The van der Waals surface area contributed by atoms with E-state index in [0.717, 1.165) is 9.99 Å². The van der Waals surface area contributed by atoms with Crippen molar-refractivity contribution in [2.75, 3.05) is 6.54 Å². The lowest BCUT2D eigenvalue weighted by atomic mass is 9.91. The Morgan fingerprint density at radius 1 is 1.05 bits per heavy atom. The van der Waals surface area contributed by atoms with Crippen LogP contribution in [0.5, 0.6) is 0 Å². The number of H-pyrrole nitrogens is 1. The van der Waals surface area contributed by atoms with Gasteiger partial charge in [0.05, 0.1) is 0 Å². The first kappa shape index (κ1) is 12.5. The summed E-state index contributed by atoms with van der Waals surface area (Å²) in [7, 11) is 0. The minimum Gasteiger partial charge on any atom is -0.361 e. The van der Waals surface area contributed by atoms with E-state index in [1.807, 2.05) is 6.07 Å². The molecule has 0 saturated carbocycles. The summed E-state index contributed by atoms with van der Waals surface area (Å²) in [5, 5.41) is 1.25. The molecule has 2 nitrogen and oxygen atoms in total. The largest absolute Gasteiger partial charge is 0.361 e. The summed E-state index contributed by atoms with van der Waals surface area (Å²) in [6.45, 7) is 0.601. The lowest BCUT2D eigenvalue weighted by molar-refractivity contribution is 0.825. The first-order chi connectivity index (χ1) is 9.29. The van der Waals surface area contributed by atoms with Crippen LogP contribution in [0, 0.1) is 0 Å². The van der Waals surface area contributed by atoms with Gasteiger partial charge in [0.25, 0.3) is 0 Å². The molecule has 0 radical (unpaired) electrons. The number of fused-ring (bicyclic) bond motifs is 1. The second-order valence-corrected chi connectivity index (χ2v) is 5.55. The molecule has 0 aliphatic rings. The fourth-order valence-corrected chi connectivity index (χ4v) is 2.78. The van der Waals surface area contributed by atoms with Gasteiger partial charge in [-0.05, 0) is 29.3 Å². The van der Waals surface area contributed by atoms with E-state index in [0.29, 0.717) is 6.54 Å². The van der Waals surface area contributed by atoms with Gasteiger partial charge >= 0.3 is 0 Å². The Bertz CT molecular complexity index is 685. The van der Waals surface area contributed by atoms with Crippen molar-refractivity contribution in [2.45, 2.75) is 5.92 Å². The highest BCUT2D eigenvalue weighted by atomic mass is 79.9. The Morgan fingerprint density at radius 2 is 1.79 bits per heavy atom. The van der Waals surface area contributed by atoms with E-state index in [1.54, 1.807) is 0 Å². The normalized spacial score (nSPS) is 12.7. The third-order valence-electron chi connectivity index (χ3n) is 3.50. The van der Waals surface area contributed by atoms with Crippen LogP contribution in [0.3, 0.4) is 0 Å². The number of hydrogen-bond donors (Lipinski definition) is 2. The topological polar surface area (TPSA) is 41.8 Å². The van der Waals surface area contributed by atoms with E-state index in [1.165, 1.54) is 16.5 Å². The summed E-state index contributed by atoms with van der Waals surface area (Å²) in [6, 6.07) is 16.7. The Balaban J connectivity index is 2.09. The van der Waals surface area contributed by atoms with Crippen LogP contribution in [-0.2, 0) is 0 Å². The van der Waals surface area contributed by atoms with Crippen molar-refractivity contribution in [3.8, 4) is 0 Å². The van der Waals surface area contributed by atoms with Gasteiger partial charge in [-0.15, -0.1) is 0 Å². The highest BCUT2D eigenvalue weighted by Gasteiger charge is 2.16.